The number of ether oxygens (including phenoxy) is 1. The van der Waals surface area contributed by atoms with Crippen LogP contribution in [-0.4, -0.2) is 46.3 Å². The van der Waals surface area contributed by atoms with Gasteiger partial charge < -0.3 is 15.4 Å². The van der Waals surface area contributed by atoms with Crippen LogP contribution in [0.25, 0.3) is 0 Å². The Morgan fingerprint density at radius 1 is 1.43 bits per heavy atom. The molecule has 1 amide bonds. The summed E-state index contributed by atoms with van der Waals surface area (Å²) in [5.74, 6) is -0.0130. The third-order valence-corrected chi connectivity index (χ3v) is 4.10. The van der Waals surface area contributed by atoms with Crippen molar-refractivity contribution >= 4 is 30.7 Å². The van der Waals surface area contributed by atoms with E-state index in [1.54, 1.807) is 10.9 Å². The van der Waals surface area contributed by atoms with Crippen LogP contribution in [0.5, 0.6) is 0 Å². The van der Waals surface area contributed by atoms with Crippen LogP contribution in [-0.2, 0) is 22.2 Å². The minimum Gasteiger partial charge on any atom is -0.367 e. The molecule has 1 aliphatic heterocycles. The molecule has 1 unspecified atom stereocenters. The van der Waals surface area contributed by atoms with Crippen molar-refractivity contribution in [2.75, 3.05) is 19.7 Å². The van der Waals surface area contributed by atoms with Gasteiger partial charge >= 0.3 is 0 Å². The molecule has 2 rings (SSSR count). The normalized spacial score (nSPS) is 22.8. The summed E-state index contributed by atoms with van der Waals surface area (Å²) >= 11 is 0. The Bertz CT molecular complexity index is 530. The predicted molar refractivity (Wildman–Crippen MR) is 95.0 cm³/mol. The fraction of sp³-hybridized carbons (Fsp3) is 0.733. The first-order chi connectivity index (χ1) is 9.63. The summed E-state index contributed by atoms with van der Waals surface area (Å²) in [6.45, 7) is 9.53. The molecule has 0 aliphatic carbocycles. The van der Waals surface area contributed by atoms with Crippen LogP contribution >= 0.6 is 24.8 Å². The van der Waals surface area contributed by atoms with Gasteiger partial charge in [-0.2, -0.15) is 5.10 Å². The molecule has 2 atom stereocenters. The number of aromatic nitrogens is 2. The molecule has 0 spiro atoms. The maximum atomic E-state index is 12.6. The third kappa shape index (κ3) is 4.83. The zero-order valence-corrected chi connectivity index (χ0v) is 16.0. The highest BCUT2D eigenvalue weighted by Gasteiger charge is 2.39. The molecule has 1 saturated heterocycles. The van der Waals surface area contributed by atoms with E-state index in [4.69, 9.17) is 10.5 Å². The summed E-state index contributed by atoms with van der Waals surface area (Å²) in [6, 6.07) is -0.506. The molecule has 134 valence electrons. The van der Waals surface area contributed by atoms with Crippen molar-refractivity contribution in [2.24, 2.45) is 18.2 Å². The number of hydrogen-bond acceptors (Lipinski definition) is 4. The van der Waals surface area contributed by atoms with Gasteiger partial charge in [0.2, 0.25) is 5.91 Å². The van der Waals surface area contributed by atoms with Gasteiger partial charge in [0.15, 0.2) is 0 Å². The van der Waals surface area contributed by atoms with E-state index < -0.39 is 11.6 Å². The average molecular weight is 367 g/mol. The van der Waals surface area contributed by atoms with Crippen molar-refractivity contribution in [3.8, 4) is 0 Å². The van der Waals surface area contributed by atoms with Crippen LogP contribution in [0.1, 0.15) is 33.3 Å². The van der Waals surface area contributed by atoms with Gasteiger partial charge in [0, 0.05) is 25.4 Å². The highest BCUT2D eigenvalue weighted by molar-refractivity contribution is 5.85. The van der Waals surface area contributed by atoms with Crippen LogP contribution < -0.4 is 5.73 Å². The van der Waals surface area contributed by atoms with Crippen LogP contribution in [0, 0.1) is 5.41 Å². The Balaban J connectivity index is 0.00000242. The smallest absolute Gasteiger partial charge is 0.240 e. The predicted octanol–water partition coefficient (Wildman–Crippen LogP) is 1.71. The molecule has 1 fully saturated rings. The number of nitrogens with two attached hydrogens (primary N) is 1. The van der Waals surface area contributed by atoms with E-state index in [-0.39, 0.29) is 36.1 Å². The van der Waals surface area contributed by atoms with Gasteiger partial charge in [-0.3, -0.25) is 9.48 Å². The second-order valence-electron chi connectivity index (χ2n) is 7.09. The Kier molecular flexibility index (Phi) is 7.56. The lowest BCUT2D eigenvalue weighted by molar-refractivity contribution is -0.153. The third-order valence-electron chi connectivity index (χ3n) is 4.10. The number of amides is 1. The Labute approximate surface area is 150 Å². The number of hydrogen-bond donors (Lipinski definition) is 1. The highest BCUT2D eigenvalue weighted by atomic mass is 35.5. The molecule has 0 bridgehead atoms. The molecule has 2 N–H and O–H groups in total. The number of rotatable bonds is 2. The molecule has 0 aromatic carbocycles. The fourth-order valence-corrected chi connectivity index (χ4v) is 2.49. The first-order valence-electron chi connectivity index (χ1n) is 7.31. The van der Waals surface area contributed by atoms with Crippen molar-refractivity contribution in [3.63, 3.8) is 0 Å². The van der Waals surface area contributed by atoms with E-state index in [0.29, 0.717) is 19.7 Å². The molecule has 23 heavy (non-hydrogen) atoms. The highest BCUT2D eigenvalue weighted by Crippen LogP contribution is 2.30. The average Bonchev–Trinajstić information content (AvgIpc) is 2.83. The quantitative estimate of drug-likeness (QED) is 0.864. The maximum absolute atomic E-state index is 12.6. The first kappa shape index (κ1) is 22.2. The van der Waals surface area contributed by atoms with Crippen molar-refractivity contribution in [2.45, 2.75) is 39.3 Å². The second kappa shape index (κ2) is 7.83. The van der Waals surface area contributed by atoms with Gasteiger partial charge in [0.25, 0.3) is 0 Å². The van der Waals surface area contributed by atoms with Crippen molar-refractivity contribution in [1.82, 2.24) is 14.7 Å². The lowest BCUT2D eigenvalue weighted by Crippen LogP contribution is -2.57. The summed E-state index contributed by atoms with van der Waals surface area (Å²) in [4.78, 5) is 14.4. The van der Waals surface area contributed by atoms with E-state index >= 15 is 0 Å². The molecular weight excluding hydrogens is 339 g/mol. The number of aryl methyl sites for hydroxylation is 1. The van der Waals surface area contributed by atoms with E-state index in [0.717, 1.165) is 5.56 Å². The largest absolute Gasteiger partial charge is 0.367 e. The molecule has 8 heteroatoms. The molecule has 0 saturated carbocycles. The first-order valence-corrected chi connectivity index (χ1v) is 7.31. The fourth-order valence-electron chi connectivity index (χ4n) is 2.49. The molecule has 0 radical (unpaired) electrons. The summed E-state index contributed by atoms with van der Waals surface area (Å²) in [5, 5.41) is 4.19. The molecular formula is C15H28Cl2N4O2. The van der Waals surface area contributed by atoms with Gasteiger partial charge in [0.1, 0.15) is 5.60 Å². The second-order valence-corrected chi connectivity index (χ2v) is 7.09. The van der Waals surface area contributed by atoms with Gasteiger partial charge in [0.05, 0.1) is 25.4 Å². The Morgan fingerprint density at radius 2 is 2.04 bits per heavy atom. The van der Waals surface area contributed by atoms with Crippen LogP contribution in [0.4, 0.5) is 0 Å². The minimum absolute atomic E-state index is 0. The van der Waals surface area contributed by atoms with E-state index in [9.17, 15) is 4.79 Å². The Morgan fingerprint density at radius 3 is 2.52 bits per heavy atom. The SMILES string of the molecule is Cl.Cl.Cn1cc(C2(C)CN(C(=O)[C@@H](N)C(C)(C)C)CCO2)cn1. The summed E-state index contributed by atoms with van der Waals surface area (Å²) in [6.07, 6.45) is 3.72. The van der Waals surface area contributed by atoms with Gasteiger partial charge in [-0.25, -0.2) is 0 Å². The van der Waals surface area contributed by atoms with Gasteiger partial charge in [-0.05, 0) is 12.3 Å². The standard InChI is InChI=1S/C15H26N4O2.2ClH/c1-14(2,3)12(16)13(20)19-6-7-21-15(4,10-19)11-8-17-18(5)9-11;;/h8-9,12H,6-7,10,16H2,1-5H3;2*1H/t12-,15?;;/m1../s1. The van der Waals surface area contributed by atoms with Gasteiger partial charge in [-0.1, -0.05) is 20.8 Å². The lowest BCUT2D eigenvalue weighted by Gasteiger charge is -2.42. The number of carbonyl (C=O) groups is 1. The maximum Gasteiger partial charge on any atom is 0.240 e. The molecule has 1 aromatic heterocycles. The molecule has 1 aromatic rings. The molecule has 2 heterocycles. The van der Waals surface area contributed by atoms with Crippen LogP contribution in [0.15, 0.2) is 12.4 Å². The van der Waals surface area contributed by atoms with Crippen molar-refractivity contribution in [3.05, 3.63) is 18.0 Å². The number of morpholine rings is 1. The van der Waals surface area contributed by atoms with E-state index in [1.165, 1.54) is 0 Å². The number of halogens is 2. The Hall–Kier alpha value is -0.820. The molecule has 6 nitrogen and oxygen atoms in total. The monoisotopic (exact) mass is 366 g/mol. The summed E-state index contributed by atoms with van der Waals surface area (Å²) < 4.78 is 7.66. The van der Waals surface area contributed by atoms with Gasteiger partial charge in [-0.15, -0.1) is 24.8 Å². The lowest BCUT2D eigenvalue weighted by atomic mass is 9.86. The van der Waals surface area contributed by atoms with E-state index in [2.05, 4.69) is 5.10 Å². The molecule has 1 aliphatic rings. The number of nitrogens with zero attached hydrogens (tertiary/aromatic N) is 3. The zero-order chi connectivity index (χ0) is 15.8. The summed E-state index contributed by atoms with van der Waals surface area (Å²) in [7, 11) is 1.87. The van der Waals surface area contributed by atoms with Crippen LogP contribution in [0.2, 0.25) is 0 Å². The van der Waals surface area contributed by atoms with E-state index in [1.807, 2.05) is 45.8 Å². The summed E-state index contributed by atoms with van der Waals surface area (Å²) in [5.41, 5.74) is 6.31. The minimum atomic E-state index is -0.528. The zero-order valence-electron chi connectivity index (χ0n) is 14.4. The topological polar surface area (TPSA) is 73.4 Å². The van der Waals surface area contributed by atoms with Crippen LogP contribution in [0.3, 0.4) is 0 Å². The number of carbonyl (C=O) groups excluding carboxylic acids is 1. The van der Waals surface area contributed by atoms with Crippen molar-refractivity contribution < 1.29 is 9.53 Å². The van der Waals surface area contributed by atoms with Crippen molar-refractivity contribution in [1.29, 1.82) is 0 Å².